The molecule has 1 N–H and O–H groups in total. The van der Waals surface area contributed by atoms with Crippen LogP contribution < -0.4 is 10.4 Å². The molecule has 31 heavy (non-hydrogen) atoms. The standard InChI is InChI=1S/C21H18ClF6NO2/c22-19(18(17(30)31)9-11-29-12-10-18,13-1-5-15(6-2-13)20(23,24)25)14-3-7-16(8-4-14)21(26,27)28/h1-8,29H,9-12H2,(H,30,31)/p-1. The van der Waals surface area contributed by atoms with Crippen molar-refractivity contribution in [1.29, 1.82) is 0 Å². The molecule has 1 aliphatic heterocycles. The zero-order valence-electron chi connectivity index (χ0n) is 15.9. The van der Waals surface area contributed by atoms with Gasteiger partial charge in [-0.15, -0.1) is 11.6 Å². The lowest BCUT2D eigenvalue weighted by Gasteiger charge is -2.50. The molecule has 3 rings (SSSR count). The number of carbonyl (C=O) groups excluding carboxylic acids is 1. The van der Waals surface area contributed by atoms with Gasteiger partial charge in [0.2, 0.25) is 0 Å². The Morgan fingerprint density at radius 2 is 1.10 bits per heavy atom. The average Bonchev–Trinajstić information content (AvgIpc) is 2.72. The molecule has 168 valence electrons. The maximum atomic E-state index is 13.0. The average molecular weight is 465 g/mol. The van der Waals surface area contributed by atoms with E-state index in [4.69, 9.17) is 11.6 Å². The number of carbonyl (C=O) groups is 1. The normalized spacial score (nSPS) is 17.4. The lowest BCUT2D eigenvalue weighted by molar-refractivity contribution is -0.322. The summed E-state index contributed by atoms with van der Waals surface area (Å²) in [4.78, 5) is 10.4. The van der Waals surface area contributed by atoms with E-state index in [1.54, 1.807) is 0 Å². The molecular weight excluding hydrogens is 448 g/mol. The SMILES string of the molecule is O=C([O-])C1(C(Cl)(c2ccc(C(F)(F)F)cc2)c2ccc(C(F)(F)F)cc2)CCNCC1. The molecule has 3 nitrogen and oxygen atoms in total. The molecule has 1 fully saturated rings. The third kappa shape index (κ3) is 4.13. The number of rotatable bonds is 4. The third-order valence-corrected chi connectivity index (χ3v) is 6.53. The first kappa shape index (κ1) is 23.4. The molecule has 0 aliphatic carbocycles. The maximum Gasteiger partial charge on any atom is 0.416 e. The van der Waals surface area contributed by atoms with Crippen LogP contribution in [0.1, 0.15) is 35.1 Å². The Kier molecular flexibility index (Phi) is 6.05. The lowest BCUT2D eigenvalue weighted by Crippen LogP contribution is -2.58. The Morgan fingerprint density at radius 3 is 1.39 bits per heavy atom. The fourth-order valence-electron chi connectivity index (χ4n) is 4.04. The van der Waals surface area contributed by atoms with Gasteiger partial charge >= 0.3 is 12.4 Å². The van der Waals surface area contributed by atoms with E-state index in [2.05, 4.69) is 5.32 Å². The summed E-state index contributed by atoms with van der Waals surface area (Å²) in [7, 11) is 0. The Labute approximate surface area is 179 Å². The van der Waals surface area contributed by atoms with E-state index in [9.17, 15) is 36.2 Å². The van der Waals surface area contributed by atoms with Gasteiger partial charge in [-0.3, -0.25) is 0 Å². The number of nitrogens with one attached hydrogen (secondary N) is 1. The van der Waals surface area contributed by atoms with Crippen molar-refractivity contribution in [3.63, 3.8) is 0 Å². The molecule has 0 aromatic heterocycles. The Balaban J connectivity index is 2.22. The second kappa shape index (κ2) is 8.02. The van der Waals surface area contributed by atoms with Crippen LogP contribution in [0.3, 0.4) is 0 Å². The summed E-state index contributed by atoms with van der Waals surface area (Å²) in [5.41, 5.74) is -3.65. The Morgan fingerprint density at radius 1 is 0.774 bits per heavy atom. The van der Waals surface area contributed by atoms with Gasteiger partial charge in [0.05, 0.1) is 17.1 Å². The van der Waals surface area contributed by atoms with Crippen LogP contribution in [0, 0.1) is 5.41 Å². The fourth-order valence-corrected chi connectivity index (χ4v) is 4.56. The minimum Gasteiger partial charge on any atom is -0.549 e. The summed E-state index contributed by atoms with van der Waals surface area (Å²) < 4.78 is 78.0. The molecule has 0 atom stereocenters. The van der Waals surface area contributed by atoms with E-state index < -0.39 is 39.7 Å². The highest BCUT2D eigenvalue weighted by Crippen LogP contribution is 2.55. The van der Waals surface area contributed by atoms with Gasteiger partial charge in [-0.1, -0.05) is 24.3 Å². The smallest absolute Gasteiger partial charge is 0.416 e. The van der Waals surface area contributed by atoms with Crippen molar-refractivity contribution in [3.8, 4) is 0 Å². The predicted molar refractivity (Wildman–Crippen MR) is 99.1 cm³/mol. The van der Waals surface area contributed by atoms with Crippen molar-refractivity contribution in [2.24, 2.45) is 5.41 Å². The largest absolute Gasteiger partial charge is 0.549 e. The second-order valence-corrected chi connectivity index (χ2v) is 8.00. The van der Waals surface area contributed by atoms with Gasteiger partial charge in [0.25, 0.3) is 0 Å². The van der Waals surface area contributed by atoms with Gasteiger partial charge in [0, 0.05) is 5.41 Å². The molecule has 0 radical (unpaired) electrons. The molecule has 2 aromatic rings. The van der Waals surface area contributed by atoms with Crippen LogP contribution in [0.2, 0.25) is 0 Å². The van der Waals surface area contributed by atoms with Gasteiger partial charge in [-0.25, -0.2) is 0 Å². The molecule has 0 spiro atoms. The summed E-state index contributed by atoms with van der Waals surface area (Å²) in [6, 6.07) is 7.28. The molecule has 2 aromatic carbocycles. The van der Waals surface area contributed by atoms with Gasteiger partial charge < -0.3 is 15.2 Å². The first-order valence-electron chi connectivity index (χ1n) is 9.29. The number of aliphatic carboxylic acids is 1. The molecule has 10 heteroatoms. The summed E-state index contributed by atoms with van der Waals surface area (Å²) in [6.45, 7) is 0.480. The minimum atomic E-state index is -4.62. The first-order chi connectivity index (χ1) is 14.3. The molecule has 1 aliphatic rings. The molecule has 0 unspecified atom stereocenters. The van der Waals surface area contributed by atoms with Crippen LogP contribution in [0.5, 0.6) is 0 Å². The van der Waals surface area contributed by atoms with Crippen molar-refractivity contribution in [2.45, 2.75) is 30.1 Å². The highest BCUT2D eigenvalue weighted by molar-refractivity contribution is 6.28. The summed E-state index contributed by atoms with van der Waals surface area (Å²) >= 11 is 6.94. The minimum absolute atomic E-state index is 0.0213. The lowest BCUT2D eigenvalue weighted by atomic mass is 9.63. The summed E-state index contributed by atoms with van der Waals surface area (Å²) in [5, 5.41) is 15.3. The van der Waals surface area contributed by atoms with E-state index in [1.807, 2.05) is 0 Å². The van der Waals surface area contributed by atoms with Crippen LogP contribution in [0.15, 0.2) is 48.5 Å². The molecule has 1 heterocycles. The van der Waals surface area contributed by atoms with Crippen LogP contribution in [-0.2, 0) is 22.0 Å². The zero-order chi connectivity index (χ0) is 23.1. The van der Waals surface area contributed by atoms with Crippen molar-refractivity contribution in [3.05, 3.63) is 70.8 Å². The highest BCUT2D eigenvalue weighted by Gasteiger charge is 2.54. The molecule has 0 amide bonds. The number of halogens is 7. The van der Waals surface area contributed by atoms with Crippen LogP contribution in [-0.4, -0.2) is 19.1 Å². The fraction of sp³-hybridized carbons (Fsp3) is 0.381. The van der Waals surface area contributed by atoms with E-state index in [0.29, 0.717) is 0 Å². The van der Waals surface area contributed by atoms with E-state index >= 15 is 0 Å². The van der Waals surface area contributed by atoms with Crippen molar-refractivity contribution < 1.29 is 36.2 Å². The van der Waals surface area contributed by atoms with Crippen LogP contribution in [0.4, 0.5) is 26.3 Å². The van der Waals surface area contributed by atoms with Gasteiger partial charge in [0.1, 0.15) is 4.87 Å². The number of hydrogen-bond donors (Lipinski definition) is 1. The Bertz CT molecular complexity index is 875. The number of alkyl halides is 7. The first-order valence-corrected chi connectivity index (χ1v) is 9.67. The number of hydrogen-bond acceptors (Lipinski definition) is 3. The topological polar surface area (TPSA) is 52.2 Å². The van der Waals surface area contributed by atoms with Crippen LogP contribution in [0.25, 0.3) is 0 Å². The molecule has 1 saturated heterocycles. The van der Waals surface area contributed by atoms with Crippen molar-refractivity contribution >= 4 is 17.6 Å². The monoisotopic (exact) mass is 464 g/mol. The molecule has 0 saturated carbocycles. The van der Waals surface area contributed by atoms with Gasteiger partial charge in [-0.2, -0.15) is 26.3 Å². The number of carboxylic acid groups (broad SMARTS) is 1. The highest BCUT2D eigenvalue weighted by atomic mass is 35.5. The van der Waals surface area contributed by atoms with E-state index in [-0.39, 0.29) is 37.1 Å². The summed E-state index contributed by atoms with van der Waals surface area (Å²) in [6.07, 6.45) is -9.30. The third-order valence-electron chi connectivity index (χ3n) is 5.73. The van der Waals surface area contributed by atoms with Crippen LogP contribution >= 0.6 is 11.6 Å². The van der Waals surface area contributed by atoms with E-state index in [0.717, 1.165) is 48.5 Å². The van der Waals surface area contributed by atoms with Gasteiger partial charge in [-0.05, 0) is 61.3 Å². The number of piperidine rings is 1. The van der Waals surface area contributed by atoms with Gasteiger partial charge in [0.15, 0.2) is 0 Å². The van der Waals surface area contributed by atoms with Crippen molar-refractivity contribution in [2.75, 3.05) is 13.1 Å². The second-order valence-electron chi connectivity index (χ2n) is 7.43. The summed E-state index contributed by atoms with van der Waals surface area (Å²) in [5.74, 6) is -1.52. The zero-order valence-corrected chi connectivity index (χ0v) is 16.7. The predicted octanol–water partition coefficient (Wildman–Crippen LogP) is 4.33. The number of carboxylic acids is 1. The van der Waals surface area contributed by atoms with Crippen molar-refractivity contribution in [1.82, 2.24) is 5.32 Å². The molecular formula is C21H17ClF6NO2-. The quantitative estimate of drug-likeness (QED) is 0.541. The molecule has 0 bridgehead atoms. The van der Waals surface area contributed by atoms with E-state index in [1.165, 1.54) is 0 Å². The Hall–Kier alpha value is -2.26. The number of benzene rings is 2. The maximum absolute atomic E-state index is 13.0.